The fraction of sp³-hybridized carbons (Fsp3) is 0.278. The lowest BCUT2D eigenvalue weighted by atomic mass is 9.92. The van der Waals surface area contributed by atoms with Crippen molar-refractivity contribution in [2.24, 2.45) is 0 Å². The molecule has 0 aliphatic carbocycles. The second-order valence-corrected chi connectivity index (χ2v) is 8.08. The van der Waals surface area contributed by atoms with Crippen molar-refractivity contribution in [3.8, 4) is 0 Å². The summed E-state index contributed by atoms with van der Waals surface area (Å²) in [4.78, 5) is 40.2. The van der Waals surface area contributed by atoms with Gasteiger partial charge in [-0.25, -0.2) is 4.79 Å². The normalized spacial score (nSPS) is 19.3. The van der Waals surface area contributed by atoms with E-state index in [1.807, 2.05) is 16.8 Å². The summed E-state index contributed by atoms with van der Waals surface area (Å²) in [5.41, 5.74) is 0.0599. The lowest BCUT2D eigenvalue weighted by Crippen LogP contribution is -2.43. The number of thiophene rings is 1. The number of imide groups is 1. The Morgan fingerprint density at radius 1 is 1.30 bits per heavy atom. The van der Waals surface area contributed by atoms with E-state index in [9.17, 15) is 14.4 Å². The van der Waals surface area contributed by atoms with Crippen LogP contribution in [-0.4, -0.2) is 41.2 Å². The summed E-state index contributed by atoms with van der Waals surface area (Å²) in [5, 5.41) is 7.19. The molecule has 0 bridgehead atoms. The Bertz CT molecular complexity index is 903. The molecule has 1 aliphatic rings. The van der Waals surface area contributed by atoms with Crippen molar-refractivity contribution >= 4 is 52.4 Å². The Labute approximate surface area is 170 Å². The molecule has 0 saturated carbocycles. The van der Waals surface area contributed by atoms with Crippen LogP contribution in [0.5, 0.6) is 0 Å². The third-order valence-corrected chi connectivity index (χ3v) is 5.74. The number of urea groups is 1. The van der Waals surface area contributed by atoms with E-state index in [4.69, 9.17) is 23.2 Å². The zero-order valence-corrected chi connectivity index (χ0v) is 17.0. The van der Waals surface area contributed by atoms with Gasteiger partial charge in [0.05, 0.1) is 0 Å². The molecule has 1 aromatic heterocycles. The molecule has 1 aromatic carbocycles. The third-order valence-electron chi connectivity index (χ3n) is 4.46. The highest BCUT2D eigenvalue weighted by molar-refractivity contribution is 7.07. The molecule has 1 saturated heterocycles. The summed E-state index contributed by atoms with van der Waals surface area (Å²) in [5.74, 6) is -0.870. The van der Waals surface area contributed by atoms with Crippen LogP contribution in [0.1, 0.15) is 18.1 Å². The minimum atomic E-state index is -1.36. The first-order chi connectivity index (χ1) is 12.7. The van der Waals surface area contributed by atoms with Gasteiger partial charge < -0.3 is 10.2 Å². The van der Waals surface area contributed by atoms with Gasteiger partial charge in [-0.3, -0.25) is 14.5 Å². The lowest BCUT2D eigenvalue weighted by Gasteiger charge is -2.24. The molecule has 0 spiro atoms. The predicted octanol–water partition coefficient (Wildman–Crippen LogP) is 3.48. The topological polar surface area (TPSA) is 69.7 Å². The van der Waals surface area contributed by atoms with Crippen molar-refractivity contribution in [2.45, 2.75) is 19.0 Å². The van der Waals surface area contributed by atoms with E-state index in [1.54, 1.807) is 26.1 Å². The van der Waals surface area contributed by atoms with Crippen LogP contribution in [0.3, 0.4) is 0 Å². The van der Waals surface area contributed by atoms with Crippen molar-refractivity contribution in [1.29, 1.82) is 0 Å². The summed E-state index contributed by atoms with van der Waals surface area (Å²) in [6.07, 6.45) is 0. The number of rotatable bonds is 5. The lowest BCUT2D eigenvalue weighted by molar-refractivity contribution is -0.138. The second-order valence-electron chi connectivity index (χ2n) is 6.45. The van der Waals surface area contributed by atoms with Crippen molar-refractivity contribution in [2.75, 3.05) is 13.6 Å². The van der Waals surface area contributed by atoms with Gasteiger partial charge in [-0.2, -0.15) is 11.3 Å². The average Bonchev–Trinajstić information content (AvgIpc) is 3.17. The van der Waals surface area contributed by atoms with E-state index in [0.29, 0.717) is 17.1 Å². The Morgan fingerprint density at radius 3 is 2.67 bits per heavy atom. The first-order valence-electron chi connectivity index (χ1n) is 8.07. The number of nitrogens with one attached hydrogen (secondary N) is 1. The number of carbonyl (C=O) groups excluding carboxylic acids is 3. The Kier molecular flexibility index (Phi) is 5.46. The Balaban J connectivity index is 1.76. The van der Waals surface area contributed by atoms with Gasteiger partial charge in [0, 0.05) is 29.2 Å². The number of halogens is 2. The molecule has 9 heteroatoms. The van der Waals surface area contributed by atoms with Gasteiger partial charge in [0.1, 0.15) is 12.1 Å². The van der Waals surface area contributed by atoms with Crippen LogP contribution < -0.4 is 5.32 Å². The standard InChI is InChI=1S/C18H17Cl2N3O3S/c1-18(13-4-3-12(19)7-14(13)20)16(25)23(17(26)21-18)9-15(24)22(2)8-11-5-6-27-10-11/h3-7,10H,8-9H2,1-2H3,(H,21,26)/t18-/m0/s1. The highest BCUT2D eigenvalue weighted by Crippen LogP contribution is 2.34. The molecule has 0 radical (unpaired) electrons. The van der Waals surface area contributed by atoms with Crippen LogP contribution >= 0.6 is 34.5 Å². The van der Waals surface area contributed by atoms with Crippen LogP contribution in [-0.2, 0) is 21.7 Å². The zero-order valence-electron chi connectivity index (χ0n) is 14.7. The summed E-state index contributed by atoms with van der Waals surface area (Å²) in [7, 11) is 1.63. The third kappa shape index (κ3) is 3.81. The van der Waals surface area contributed by atoms with Crippen LogP contribution in [0.4, 0.5) is 4.79 Å². The maximum Gasteiger partial charge on any atom is 0.325 e. The molecule has 1 aliphatic heterocycles. The summed E-state index contributed by atoms with van der Waals surface area (Å²) in [6, 6.07) is 5.98. The Hall–Kier alpha value is -2.09. The fourth-order valence-corrected chi connectivity index (χ4v) is 4.18. The van der Waals surface area contributed by atoms with Crippen LogP contribution in [0.25, 0.3) is 0 Å². The number of carbonyl (C=O) groups is 3. The smallest absolute Gasteiger partial charge is 0.325 e. The number of likely N-dealkylation sites (N-methyl/N-ethyl adjacent to an activating group) is 1. The van der Waals surface area contributed by atoms with Crippen molar-refractivity contribution in [3.05, 3.63) is 56.2 Å². The van der Waals surface area contributed by atoms with E-state index >= 15 is 0 Å². The van der Waals surface area contributed by atoms with Crippen molar-refractivity contribution in [1.82, 2.24) is 15.1 Å². The first kappa shape index (κ1) is 19.7. The molecule has 6 nitrogen and oxygen atoms in total. The zero-order chi connectivity index (χ0) is 19.8. The monoisotopic (exact) mass is 425 g/mol. The van der Waals surface area contributed by atoms with Crippen molar-refractivity contribution < 1.29 is 14.4 Å². The number of amides is 4. The fourth-order valence-electron chi connectivity index (χ4n) is 2.92. The highest BCUT2D eigenvalue weighted by Gasteiger charge is 2.50. The molecule has 1 atom stereocenters. The minimum absolute atomic E-state index is 0.265. The number of hydrogen-bond acceptors (Lipinski definition) is 4. The van der Waals surface area contributed by atoms with E-state index in [0.717, 1.165) is 10.5 Å². The molecule has 2 heterocycles. The molecule has 4 amide bonds. The minimum Gasteiger partial charge on any atom is -0.340 e. The van der Waals surface area contributed by atoms with Crippen molar-refractivity contribution in [3.63, 3.8) is 0 Å². The Morgan fingerprint density at radius 2 is 2.04 bits per heavy atom. The average molecular weight is 426 g/mol. The van der Waals surface area contributed by atoms with E-state index in [-0.39, 0.29) is 17.5 Å². The van der Waals surface area contributed by atoms with E-state index in [1.165, 1.54) is 22.3 Å². The molecular formula is C18H17Cl2N3O3S. The van der Waals surface area contributed by atoms with Gasteiger partial charge in [-0.05, 0) is 41.4 Å². The molecule has 142 valence electrons. The van der Waals surface area contributed by atoms with Gasteiger partial charge in [-0.15, -0.1) is 0 Å². The molecule has 0 unspecified atom stereocenters. The molecule has 27 heavy (non-hydrogen) atoms. The largest absolute Gasteiger partial charge is 0.340 e. The van der Waals surface area contributed by atoms with Gasteiger partial charge in [0.15, 0.2) is 0 Å². The molecule has 1 N–H and O–H groups in total. The van der Waals surface area contributed by atoms with E-state index < -0.39 is 17.5 Å². The van der Waals surface area contributed by atoms with Crippen LogP contribution in [0.15, 0.2) is 35.0 Å². The maximum atomic E-state index is 12.9. The van der Waals surface area contributed by atoms with Crippen LogP contribution in [0, 0.1) is 0 Å². The summed E-state index contributed by atoms with van der Waals surface area (Å²) < 4.78 is 0. The van der Waals surface area contributed by atoms with E-state index in [2.05, 4.69) is 5.32 Å². The number of benzene rings is 1. The predicted molar refractivity (Wildman–Crippen MR) is 105 cm³/mol. The highest BCUT2D eigenvalue weighted by atomic mass is 35.5. The first-order valence-corrected chi connectivity index (χ1v) is 9.77. The number of nitrogens with zero attached hydrogens (tertiary/aromatic N) is 2. The van der Waals surface area contributed by atoms with Crippen LogP contribution in [0.2, 0.25) is 10.0 Å². The molecule has 1 fully saturated rings. The molecule has 2 aromatic rings. The number of hydrogen-bond donors (Lipinski definition) is 1. The second kappa shape index (κ2) is 7.50. The maximum absolute atomic E-state index is 12.9. The van der Waals surface area contributed by atoms with Gasteiger partial charge >= 0.3 is 6.03 Å². The molecular weight excluding hydrogens is 409 g/mol. The quantitative estimate of drug-likeness (QED) is 0.745. The van der Waals surface area contributed by atoms with Gasteiger partial charge in [0.25, 0.3) is 5.91 Å². The summed E-state index contributed by atoms with van der Waals surface area (Å²) >= 11 is 13.7. The SMILES string of the molecule is CN(Cc1ccsc1)C(=O)CN1C(=O)N[C@@](C)(c2ccc(Cl)cc2Cl)C1=O. The van der Waals surface area contributed by atoms with Gasteiger partial charge in [0.2, 0.25) is 5.91 Å². The molecule has 3 rings (SSSR count). The van der Waals surface area contributed by atoms with Gasteiger partial charge in [-0.1, -0.05) is 29.3 Å². The summed E-state index contributed by atoms with van der Waals surface area (Å²) in [6.45, 7) is 1.63.